The molecule has 0 spiro atoms. The third-order valence-electron chi connectivity index (χ3n) is 3.54. The molecule has 0 radical (unpaired) electrons. The number of rotatable bonds is 5. The molecule has 0 aliphatic rings. The monoisotopic (exact) mass is 321 g/mol. The van der Waals surface area contributed by atoms with E-state index >= 15 is 0 Å². The smallest absolute Gasteiger partial charge is 0.256 e. The molecule has 0 saturated carbocycles. The molecule has 0 unspecified atom stereocenters. The molecule has 1 amide bonds. The molecule has 2 aromatic carbocycles. The number of para-hydroxylation sites is 2. The Morgan fingerprint density at radius 3 is 2.54 bits per heavy atom. The number of ether oxygens (including phenoxy) is 1. The Balaban J connectivity index is 1.94. The summed E-state index contributed by atoms with van der Waals surface area (Å²) in [6.45, 7) is 0. The van der Waals surface area contributed by atoms with Crippen LogP contribution in [0.2, 0.25) is 0 Å². The topological polar surface area (TPSA) is 68.5 Å². The Morgan fingerprint density at radius 2 is 1.79 bits per heavy atom. The first-order chi connectivity index (χ1) is 11.7. The van der Waals surface area contributed by atoms with E-state index in [0.29, 0.717) is 34.6 Å². The zero-order chi connectivity index (χ0) is 16.9. The lowest BCUT2D eigenvalue weighted by Crippen LogP contribution is -2.13. The number of nitrogens with one attached hydrogen (secondary N) is 1. The first-order valence-corrected chi connectivity index (χ1v) is 7.31. The summed E-state index contributed by atoms with van der Waals surface area (Å²) in [6, 6.07) is 17.4. The molecule has 0 aliphatic heterocycles. The molecule has 120 valence electrons. The van der Waals surface area contributed by atoms with Gasteiger partial charge in [-0.3, -0.25) is 9.59 Å². The second-order valence-corrected chi connectivity index (χ2v) is 5.02. The Hall–Kier alpha value is -3.34. The van der Waals surface area contributed by atoms with E-state index in [-0.39, 0.29) is 11.7 Å². The molecule has 1 N–H and O–H groups in total. The van der Waals surface area contributed by atoms with Gasteiger partial charge in [0, 0.05) is 5.56 Å². The molecule has 5 heteroatoms. The fourth-order valence-corrected chi connectivity index (χ4v) is 2.39. The van der Waals surface area contributed by atoms with E-state index < -0.39 is 0 Å². The number of furan rings is 1. The van der Waals surface area contributed by atoms with Crippen LogP contribution in [0.5, 0.6) is 5.75 Å². The molecule has 0 saturated heterocycles. The number of carbonyl (C=O) groups excluding carboxylic acids is 2. The maximum Gasteiger partial charge on any atom is 0.256 e. The van der Waals surface area contributed by atoms with Gasteiger partial charge in [-0.2, -0.15) is 0 Å². The summed E-state index contributed by atoms with van der Waals surface area (Å²) >= 11 is 0. The van der Waals surface area contributed by atoms with Gasteiger partial charge in [0.15, 0.2) is 12.0 Å². The zero-order valence-corrected chi connectivity index (χ0v) is 13.0. The number of hydrogen-bond donors (Lipinski definition) is 1. The van der Waals surface area contributed by atoms with Gasteiger partial charge in [-0.15, -0.1) is 0 Å². The molecule has 1 aromatic heterocycles. The van der Waals surface area contributed by atoms with Crippen molar-refractivity contribution in [1.82, 2.24) is 0 Å². The molecular weight excluding hydrogens is 306 g/mol. The van der Waals surface area contributed by atoms with Crippen LogP contribution in [-0.4, -0.2) is 19.3 Å². The molecule has 0 aliphatic carbocycles. The number of anilines is 1. The Labute approximate surface area is 138 Å². The normalized spacial score (nSPS) is 10.2. The molecule has 3 rings (SSSR count). The molecule has 5 nitrogen and oxygen atoms in total. The standard InChI is InChI=1S/C19H15NO4/c1-23-18-9-5-4-8-16(18)20-19(22)15-7-3-2-6-14(15)17-11-10-13(12-21)24-17/h2-12H,1H3,(H,20,22). The van der Waals surface area contributed by atoms with Crippen molar-refractivity contribution in [2.24, 2.45) is 0 Å². The van der Waals surface area contributed by atoms with Gasteiger partial charge in [0.1, 0.15) is 11.5 Å². The van der Waals surface area contributed by atoms with Crippen molar-refractivity contribution in [3.8, 4) is 17.1 Å². The fraction of sp³-hybridized carbons (Fsp3) is 0.0526. The van der Waals surface area contributed by atoms with Crippen molar-refractivity contribution in [3.63, 3.8) is 0 Å². The summed E-state index contributed by atoms with van der Waals surface area (Å²) in [4.78, 5) is 23.5. The van der Waals surface area contributed by atoms with E-state index in [9.17, 15) is 9.59 Å². The Kier molecular flexibility index (Phi) is 4.43. The first kappa shape index (κ1) is 15.6. The van der Waals surface area contributed by atoms with Gasteiger partial charge >= 0.3 is 0 Å². The number of benzene rings is 2. The molecule has 0 fully saturated rings. The van der Waals surface area contributed by atoms with Crippen LogP contribution in [0.3, 0.4) is 0 Å². The largest absolute Gasteiger partial charge is 0.495 e. The number of carbonyl (C=O) groups is 2. The minimum atomic E-state index is -0.292. The molecule has 0 bridgehead atoms. The first-order valence-electron chi connectivity index (χ1n) is 7.31. The van der Waals surface area contributed by atoms with Crippen LogP contribution in [0.1, 0.15) is 20.9 Å². The summed E-state index contributed by atoms with van der Waals surface area (Å²) in [5.74, 6) is 0.955. The second kappa shape index (κ2) is 6.83. The summed E-state index contributed by atoms with van der Waals surface area (Å²) in [5, 5.41) is 2.83. The van der Waals surface area contributed by atoms with Crippen molar-refractivity contribution in [2.45, 2.75) is 0 Å². The van der Waals surface area contributed by atoms with Gasteiger partial charge in [0.05, 0.1) is 18.4 Å². The Morgan fingerprint density at radius 1 is 1.04 bits per heavy atom. The van der Waals surface area contributed by atoms with E-state index in [1.807, 2.05) is 12.1 Å². The van der Waals surface area contributed by atoms with Crippen molar-refractivity contribution >= 4 is 17.9 Å². The van der Waals surface area contributed by atoms with Crippen LogP contribution in [0.4, 0.5) is 5.69 Å². The lowest BCUT2D eigenvalue weighted by Gasteiger charge is -2.11. The molecule has 0 atom stereocenters. The summed E-state index contributed by atoms with van der Waals surface area (Å²) in [7, 11) is 1.54. The van der Waals surface area contributed by atoms with E-state index in [4.69, 9.17) is 9.15 Å². The van der Waals surface area contributed by atoms with E-state index in [1.54, 1.807) is 55.6 Å². The van der Waals surface area contributed by atoms with Gasteiger partial charge in [-0.25, -0.2) is 0 Å². The van der Waals surface area contributed by atoms with Crippen molar-refractivity contribution < 1.29 is 18.7 Å². The van der Waals surface area contributed by atoms with Gasteiger partial charge < -0.3 is 14.5 Å². The van der Waals surface area contributed by atoms with Crippen LogP contribution in [0.25, 0.3) is 11.3 Å². The van der Waals surface area contributed by atoms with E-state index in [1.165, 1.54) is 0 Å². The minimum Gasteiger partial charge on any atom is -0.495 e. The summed E-state index contributed by atoms with van der Waals surface area (Å²) < 4.78 is 10.7. The molecule has 3 aromatic rings. The summed E-state index contributed by atoms with van der Waals surface area (Å²) in [6.07, 6.45) is 0.626. The Bertz CT molecular complexity index is 882. The predicted octanol–water partition coefficient (Wildman–Crippen LogP) is 4.02. The van der Waals surface area contributed by atoms with E-state index in [2.05, 4.69) is 5.32 Å². The lowest BCUT2D eigenvalue weighted by atomic mass is 10.0. The van der Waals surface area contributed by atoms with Crippen molar-refractivity contribution in [3.05, 3.63) is 72.0 Å². The highest BCUT2D eigenvalue weighted by atomic mass is 16.5. The molecular formula is C19H15NO4. The lowest BCUT2D eigenvalue weighted by molar-refractivity contribution is 0.102. The number of hydrogen-bond acceptors (Lipinski definition) is 4. The third-order valence-corrected chi connectivity index (χ3v) is 3.54. The molecule has 1 heterocycles. The maximum atomic E-state index is 12.7. The molecule has 24 heavy (non-hydrogen) atoms. The average Bonchev–Trinajstić information content (AvgIpc) is 3.11. The number of amides is 1. The number of methoxy groups -OCH3 is 1. The highest BCUT2D eigenvalue weighted by Gasteiger charge is 2.16. The second-order valence-electron chi connectivity index (χ2n) is 5.02. The highest BCUT2D eigenvalue weighted by molar-refractivity contribution is 6.09. The summed E-state index contributed by atoms with van der Waals surface area (Å²) in [5.41, 5.74) is 1.63. The van der Waals surface area contributed by atoms with Gasteiger partial charge in [-0.1, -0.05) is 30.3 Å². The van der Waals surface area contributed by atoms with Crippen LogP contribution in [-0.2, 0) is 0 Å². The number of aldehydes is 1. The van der Waals surface area contributed by atoms with Crippen molar-refractivity contribution in [2.75, 3.05) is 12.4 Å². The van der Waals surface area contributed by atoms with Crippen LogP contribution < -0.4 is 10.1 Å². The zero-order valence-electron chi connectivity index (χ0n) is 13.0. The van der Waals surface area contributed by atoms with E-state index in [0.717, 1.165) is 0 Å². The quantitative estimate of drug-likeness (QED) is 0.721. The minimum absolute atomic E-state index is 0.213. The van der Waals surface area contributed by atoms with Crippen molar-refractivity contribution in [1.29, 1.82) is 0 Å². The van der Waals surface area contributed by atoms with Gasteiger partial charge in [-0.05, 0) is 30.3 Å². The van der Waals surface area contributed by atoms with Gasteiger partial charge in [0.25, 0.3) is 5.91 Å². The van der Waals surface area contributed by atoms with Gasteiger partial charge in [0.2, 0.25) is 0 Å². The van der Waals surface area contributed by atoms with Crippen LogP contribution in [0, 0.1) is 0 Å². The highest BCUT2D eigenvalue weighted by Crippen LogP contribution is 2.28. The van der Waals surface area contributed by atoms with Crippen LogP contribution >= 0.6 is 0 Å². The SMILES string of the molecule is COc1ccccc1NC(=O)c1ccccc1-c1ccc(C=O)o1. The predicted molar refractivity (Wildman–Crippen MR) is 90.5 cm³/mol. The average molecular weight is 321 g/mol. The maximum absolute atomic E-state index is 12.7. The fourth-order valence-electron chi connectivity index (χ4n) is 2.39. The third kappa shape index (κ3) is 3.05. The van der Waals surface area contributed by atoms with Crippen LogP contribution in [0.15, 0.2) is 65.1 Å².